The Balaban J connectivity index is 1.97. The number of hydrogen-bond acceptors (Lipinski definition) is 5. The molecule has 0 unspecified atom stereocenters. The number of amides is 1. The minimum atomic E-state index is -0.189. The van der Waals surface area contributed by atoms with Crippen LogP contribution < -0.4 is 10.6 Å². The molecule has 0 aliphatic rings. The quantitative estimate of drug-likeness (QED) is 0.709. The Morgan fingerprint density at radius 3 is 2.79 bits per heavy atom. The minimum absolute atomic E-state index is 0.189. The highest BCUT2D eigenvalue weighted by Crippen LogP contribution is 2.21. The van der Waals surface area contributed by atoms with Crippen molar-refractivity contribution in [2.24, 2.45) is 0 Å². The molecule has 1 amide bonds. The lowest BCUT2D eigenvalue weighted by atomic mass is 10.2. The van der Waals surface area contributed by atoms with Crippen LogP contribution in [0, 0.1) is 6.92 Å². The van der Waals surface area contributed by atoms with Crippen LogP contribution in [0.2, 0.25) is 0 Å². The molecule has 24 heavy (non-hydrogen) atoms. The number of aromatic nitrogens is 2. The summed E-state index contributed by atoms with van der Waals surface area (Å²) in [7, 11) is 4.02. The lowest BCUT2D eigenvalue weighted by Crippen LogP contribution is -2.28. The summed E-state index contributed by atoms with van der Waals surface area (Å²) < 4.78 is 1.04. The summed E-state index contributed by atoms with van der Waals surface area (Å²) in [4.78, 5) is 22.7. The molecule has 1 aromatic heterocycles. The predicted molar refractivity (Wildman–Crippen MR) is 99.7 cm³/mol. The lowest BCUT2D eigenvalue weighted by Gasteiger charge is -2.10. The molecule has 1 heterocycles. The van der Waals surface area contributed by atoms with Gasteiger partial charge in [-0.05, 0) is 63.8 Å². The normalized spacial score (nSPS) is 10.7. The van der Waals surface area contributed by atoms with E-state index in [1.165, 1.54) is 0 Å². The number of benzene rings is 1. The zero-order chi connectivity index (χ0) is 17.5. The van der Waals surface area contributed by atoms with Crippen LogP contribution in [-0.2, 0) is 0 Å². The van der Waals surface area contributed by atoms with E-state index in [1.807, 2.05) is 39.2 Å². The van der Waals surface area contributed by atoms with Gasteiger partial charge in [-0.15, -0.1) is 0 Å². The molecule has 0 bridgehead atoms. The Morgan fingerprint density at radius 2 is 2.08 bits per heavy atom. The molecule has 0 aliphatic carbocycles. The van der Waals surface area contributed by atoms with Gasteiger partial charge in [-0.1, -0.05) is 15.9 Å². The van der Waals surface area contributed by atoms with Gasteiger partial charge >= 0.3 is 0 Å². The van der Waals surface area contributed by atoms with E-state index < -0.39 is 0 Å². The second kappa shape index (κ2) is 8.75. The topological polar surface area (TPSA) is 70.2 Å². The average Bonchev–Trinajstić information content (AvgIpc) is 2.55. The minimum Gasteiger partial charge on any atom is -0.351 e. The molecular weight excluding hydrogens is 370 g/mol. The van der Waals surface area contributed by atoms with Crippen molar-refractivity contribution in [1.29, 1.82) is 0 Å². The number of carbonyl (C=O) groups is 1. The van der Waals surface area contributed by atoms with E-state index in [0.717, 1.165) is 28.7 Å². The van der Waals surface area contributed by atoms with Crippen molar-refractivity contribution in [2.45, 2.75) is 13.3 Å². The molecular formula is C17H22BrN5O. The number of nitrogens with zero attached hydrogens (tertiary/aromatic N) is 3. The fraction of sp³-hybridized carbons (Fsp3) is 0.353. The summed E-state index contributed by atoms with van der Waals surface area (Å²) in [6.45, 7) is 3.56. The monoisotopic (exact) mass is 391 g/mol. The van der Waals surface area contributed by atoms with Crippen molar-refractivity contribution in [2.75, 3.05) is 32.5 Å². The summed E-state index contributed by atoms with van der Waals surface area (Å²) in [5.74, 6) is 0.212. The van der Waals surface area contributed by atoms with Gasteiger partial charge in [0, 0.05) is 22.9 Å². The molecule has 0 saturated carbocycles. The van der Waals surface area contributed by atoms with E-state index in [-0.39, 0.29) is 5.91 Å². The van der Waals surface area contributed by atoms with E-state index >= 15 is 0 Å². The van der Waals surface area contributed by atoms with Gasteiger partial charge in [-0.3, -0.25) is 4.79 Å². The van der Waals surface area contributed by atoms with Crippen LogP contribution in [0.1, 0.15) is 22.5 Å². The molecule has 2 N–H and O–H groups in total. The molecule has 0 spiro atoms. The first-order valence-corrected chi connectivity index (χ1v) is 8.54. The molecule has 6 nitrogen and oxygen atoms in total. The van der Waals surface area contributed by atoms with Crippen LogP contribution in [0.5, 0.6) is 0 Å². The van der Waals surface area contributed by atoms with E-state index in [1.54, 1.807) is 12.3 Å². The molecule has 0 aliphatic heterocycles. The highest BCUT2D eigenvalue weighted by Gasteiger charge is 2.09. The van der Waals surface area contributed by atoms with Crippen LogP contribution >= 0.6 is 15.9 Å². The summed E-state index contributed by atoms with van der Waals surface area (Å²) in [6.07, 6.45) is 2.48. The Bertz CT molecular complexity index is 705. The Morgan fingerprint density at radius 1 is 1.29 bits per heavy atom. The van der Waals surface area contributed by atoms with Crippen molar-refractivity contribution >= 4 is 33.5 Å². The first-order valence-electron chi connectivity index (χ1n) is 7.75. The third kappa shape index (κ3) is 5.58. The number of anilines is 2. The van der Waals surface area contributed by atoms with Gasteiger partial charge in [0.05, 0.1) is 0 Å². The summed E-state index contributed by atoms with van der Waals surface area (Å²) in [5, 5.41) is 5.99. The van der Waals surface area contributed by atoms with Crippen LogP contribution in [0.15, 0.2) is 34.9 Å². The molecule has 0 atom stereocenters. The van der Waals surface area contributed by atoms with Gasteiger partial charge in [0.25, 0.3) is 5.91 Å². The van der Waals surface area contributed by atoms with Gasteiger partial charge in [-0.2, -0.15) is 0 Å². The second-order valence-corrected chi connectivity index (χ2v) is 6.62. The second-order valence-electron chi connectivity index (χ2n) is 5.77. The number of aryl methyl sites for hydroxylation is 1. The average molecular weight is 392 g/mol. The van der Waals surface area contributed by atoms with Crippen molar-refractivity contribution in [3.05, 3.63) is 46.2 Å². The van der Waals surface area contributed by atoms with E-state index in [4.69, 9.17) is 0 Å². The predicted octanol–water partition coefficient (Wildman–Crippen LogP) is 2.97. The fourth-order valence-corrected chi connectivity index (χ4v) is 2.33. The third-order valence-corrected chi connectivity index (χ3v) is 4.26. The molecule has 1 aromatic carbocycles. The van der Waals surface area contributed by atoms with Gasteiger partial charge in [0.1, 0.15) is 5.69 Å². The highest BCUT2D eigenvalue weighted by molar-refractivity contribution is 9.10. The van der Waals surface area contributed by atoms with Crippen LogP contribution in [0.25, 0.3) is 0 Å². The number of carbonyl (C=O) groups excluding carboxylic acids is 1. The van der Waals surface area contributed by atoms with Gasteiger partial charge in [0.2, 0.25) is 5.95 Å². The molecule has 0 fully saturated rings. The Labute approximate surface area is 150 Å². The summed E-state index contributed by atoms with van der Waals surface area (Å²) in [6, 6.07) is 7.48. The van der Waals surface area contributed by atoms with E-state index in [0.29, 0.717) is 18.2 Å². The van der Waals surface area contributed by atoms with Crippen molar-refractivity contribution < 1.29 is 4.79 Å². The first-order chi connectivity index (χ1) is 11.5. The SMILES string of the molecule is Cc1cc(Nc2nccc(C(=O)NCCCN(C)C)n2)ccc1Br. The Kier molecular flexibility index (Phi) is 6.69. The summed E-state index contributed by atoms with van der Waals surface area (Å²) in [5.41, 5.74) is 2.33. The smallest absolute Gasteiger partial charge is 0.270 e. The van der Waals surface area contributed by atoms with E-state index in [2.05, 4.69) is 41.4 Å². The first kappa shape index (κ1) is 18.4. The zero-order valence-electron chi connectivity index (χ0n) is 14.1. The molecule has 2 aromatic rings. The standard InChI is InChI=1S/C17H22BrN5O/c1-12-11-13(5-6-14(12)18)21-17-20-9-7-15(22-17)16(24)19-8-4-10-23(2)3/h5-7,9,11H,4,8,10H2,1-3H3,(H,19,24)(H,20,21,22). The Hall–Kier alpha value is -1.99. The number of rotatable bonds is 7. The largest absolute Gasteiger partial charge is 0.351 e. The molecule has 2 rings (SSSR count). The van der Waals surface area contributed by atoms with E-state index in [9.17, 15) is 4.79 Å². The molecule has 7 heteroatoms. The zero-order valence-corrected chi connectivity index (χ0v) is 15.7. The number of hydrogen-bond donors (Lipinski definition) is 2. The van der Waals surface area contributed by atoms with Crippen LogP contribution in [0.4, 0.5) is 11.6 Å². The maximum absolute atomic E-state index is 12.1. The number of halogens is 1. The van der Waals surface area contributed by atoms with Crippen LogP contribution in [-0.4, -0.2) is 48.0 Å². The van der Waals surface area contributed by atoms with Crippen LogP contribution in [0.3, 0.4) is 0 Å². The molecule has 0 saturated heterocycles. The fourth-order valence-electron chi connectivity index (χ4n) is 2.08. The summed E-state index contributed by atoms with van der Waals surface area (Å²) >= 11 is 3.47. The van der Waals surface area contributed by atoms with Crippen molar-refractivity contribution in [3.63, 3.8) is 0 Å². The van der Waals surface area contributed by atoms with Gasteiger partial charge in [-0.25, -0.2) is 9.97 Å². The van der Waals surface area contributed by atoms with Gasteiger partial charge in [0.15, 0.2) is 0 Å². The number of nitrogens with one attached hydrogen (secondary N) is 2. The third-order valence-electron chi connectivity index (χ3n) is 3.37. The maximum atomic E-state index is 12.1. The van der Waals surface area contributed by atoms with Crippen molar-refractivity contribution in [1.82, 2.24) is 20.2 Å². The molecule has 0 radical (unpaired) electrons. The maximum Gasteiger partial charge on any atom is 0.270 e. The van der Waals surface area contributed by atoms with Gasteiger partial charge < -0.3 is 15.5 Å². The highest BCUT2D eigenvalue weighted by atomic mass is 79.9. The van der Waals surface area contributed by atoms with Crippen molar-refractivity contribution in [3.8, 4) is 0 Å². The lowest BCUT2D eigenvalue weighted by molar-refractivity contribution is 0.0947. The molecule has 128 valence electrons.